The monoisotopic (exact) mass is 485 g/mol. The summed E-state index contributed by atoms with van der Waals surface area (Å²) in [5, 5.41) is 0. The summed E-state index contributed by atoms with van der Waals surface area (Å²) in [7, 11) is -7.10. The Balaban J connectivity index is 4.67. The maximum atomic E-state index is 12.4. The zero-order valence-corrected chi connectivity index (χ0v) is 20.9. The highest BCUT2D eigenvalue weighted by molar-refractivity contribution is 7.91. The molecule has 0 aromatic rings. The first-order valence-corrected chi connectivity index (χ1v) is 14.7. The lowest BCUT2D eigenvalue weighted by Gasteiger charge is -2.19. The molecule has 0 heterocycles. The van der Waals surface area contributed by atoms with Crippen LogP contribution in [-0.2, 0) is 38.9 Å². The van der Waals surface area contributed by atoms with Crippen LogP contribution in [-0.4, -0.2) is 65.8 Å². The predicted octanol–water partition coefficient (Wildman–Crippen LogP) is 2.20. The number of carbonyl (C=O) groups excluding carboxylic acids is 2. The highest BCUT2D eigenvalue weighted by atomic mass is 32.2. The van der Waals surface area contributed by atoms with Crippen molar-refractivity contribution in [3.8, 4) is 0 Å². The van der Waals surface area contributed by atoms with Gasteiger partial charge in [0, 0.05) is 6.26 Å². The highest BCUT2D eigenvalue weighted by Gasteiger charge is 2.25. The third-order valence-electron chi connectivity index (χ3n) is 4.73. The lowest BCUT2D eigenvalue weighted by atomic mass is 10.0. The minimum absolute atomic E-state index is 0.0781. The van der Waals surface area contributed by atoms with Crippen molar-refractivity contribution in [2.45, 2.75) is 78.2 Å². The zero-order valence-electron chi connectivity index (χ0n) is 19.2. The maximum Gasteiger partial charge on any atom is 0.347 e. The molecular weight excluding hydrogens is 446 g/mol. The molecule has 0 aromatic carbocycles. The van der Waals surface area contributed by atoms with Gasteiger partial charge in [-0.1, -0.05) is 46.5 Å². The zero-order chi connectivity index (χ0) is 23.9. The number of hydrogen-bond acceptors (Lipinski definition) is 8. The minimum atomic E-state index is -3.84. The Morgan fingerprint density at radius 3 is 2.06 bits per heavy atom. The number of sulfone groups is 1. The second-order valence-electron chi connectivity index (χ2n) is 7.79. The number of carbonyl (C=O) groups is 2. The molecule has 0 saturated heterocycles. The van der Waals surface area contributed by atoms with Gasteiger partial charge in [-0.25, -0.2) is 26.4 Å². The Bertz CT molecular complexity index is 734. The fourth-order valence-corrected chi connectivity index (χ4v) is 4.62. The quantitative estimate of drug-likeness (QED) is 0.292. The van der Waals surface area contributed by atoms with Gasteiger partial charge in [0.2, 0.25) is 10.0 Å². The van der Waals surface area contributed by atoms with E-state index < -0.39 is 50.2 Å². The molecule has 0 fully saturated rings. The van der Waals surface area contributed by atoms with Crippen molar-refractivity contribution in [1.82, 2.24) is 4.72 Å². The molecule has 184 valence electrons. The lowest BCUT2D eigenvalue weighted by molar-refractivity contribution is -0.168. The van der Waals surface area contributed by atoms with Gasteiger partial charge in [-0.15, -0.1) is 0 Å². The molecule has 0 aliphatic heterocycles. The number of rotatable bonds is 18. The van der Waals surface area contributed by atoms with E-state index >= 15 is 0 Å². The van der Waals surface area contributed by atoms with Crippen LogP contribution in [0.3, 0.4) is 0 Å². The Labute approximate surface area is 187 Å². The van der Waals surface area contributed by atoms with Crippen LogP contribution >= 0.6 is 0 Å². The van der Waals surface area contributed by atoms with Crippen LogP contribution in [0, 0.1) is 5.92 Å². The van der Waals surface area contributed by atoms with Crippen LogP contribution in [0.25, 0.3) is 0 Å². The molecular formula is C20H39NO8S2. The third kappa shape index (κ3) is 16.1. The molecule has 0 bridgehead atoms. The molecule has 0 saturated carbocycles. The smallest absolute Gasteiger partial charge is 0.347 e. The summed E-state index contributed by atoms with van der Waals surface area (Å²) in [5.41, 5.74) is 0. The van der Waals surface area contributed by atoms with E-state index in [0.717, 1.165) is 38.4 Å². The van der Waals surface area contributed by atoms with Gasteiger partial charge in [-0.05, 0) is 31.6 Å². The molecule has 31 heavy (non-hydrogen) atoms. The average Bonchev–Trinajstić information content (AvgIpc) is 2.68. The standard InChI is InChI=1S/C20H39NO8S2/c1-5-8-11-17(7-3)16-28-20(23)18(12-9-6-2)29-19(22)15-21-31(26,27)14-10-13-30(4,24)25/h17-18,21H,5-16H2,1-4H3. The maximum absolute atomic E-state index is 12.4. The van der Waals surface area contributed by atoms with E-state index in [-0.39, 0.29) is 24.7 Å². The molecule has 0 aliphatic carbocycles. The number of unbranched alkanes of at least 4 members (excludes halogenated alkanes) is 2. The van der Waals surface area contributed by atoms with Gasteiger partial charge in [0.05, 0.1) is 18.1 Å². The second-order valence-corrected chi connectivity index (χ2v) is 12.0. The van der Waals surface area contributed by atoms with Crippen molar-refractivity contribution < 1.29 is 35.9 Å². The Morgan fingerprint density at radius 1 is 0.903 bits per heavy atom. The fraction of sp³-hybridized carbons (Fsp3) is 0.900. The van der Waals surface area contributed by atoms with Gasteiger partial charge >= 0.3 is 11.9 Å². The molecule has 9 nitrogen and oxygen atoms in total. The van der Waals surface area contributed by atoms with Crippen LogP contribution in [0.2, 0.25) is 0 Å². The largest absolute Gasteiger partial charge is 0.463 e. The van der Waals surface area contributed by atoms with E-state index in [4.69, 9.17) is 9.47 Å². The van der Waals surface area contributed by atoms with Gasteiger partial charge in [0.1, 0.15) is 16.4 Å². The summed E-state index contributed by atoms with van der Waals surface area (Å²) < 4.78 is 58.6. The number of ether oxygens (including phenoxy) is 2. The first-order chi connectivity index (χ1) is 14.4. The summed E-state index contributed by atoms with van der Waals surface area (Å²) in [6.45, 7) is 5.70. The summed E-state index contributed by atoms with van der Waals surface area (Å²) in [6.07, 6.45) is 5.56. The molecule has 0 aromatic heterocycles. The Morgan fingerprint density at radius 2 is 1.52 bits per heavy atom. The summed E-state index contributed by atoms with van der Waals surface area (Å²) in [6, 6.07) is 0. The van der Waals surface area contributed by atoms with Crippen molar-refractivity contribution >= 4 is 31.8 Å². The normalized spacial score (nSPS) is 14.1. The summed E-state index contributed by atoms with van der Waals surface area (Å²) in [4.78, 5) is 24.5. The average molecular weight is 486 g/mol. The minimum Gasteiger partial charge on any atom is -0.463 e. The number of esters is 2. The SMILES string of the molecule is CCCCC(CC)COC(=O)C(CCCC)OC(=O)CNS(=O)(=O)CCCS(C)(=O)=O. The lowest BCUT2D eigenvalue weighted by Crippen LogP contribution is -2.37. The van der Waals surface area contributed by atoms with Gasteiger partial charge < -0.3 is 9.47 Å². The van der Waals surface area contributed by atoms with Gasteiger partial charge in [-0.2, -0.15) is 0 Å². The van der Waals surface area contributed by atoms with E-state index in [0.29, 0.717) is 12.8 Å². The van der Waals surface area contributed by atoms with Gasteiger partial charge in [0.15, 0.2) is 6.10 Å². The molecule has 0 spiro atoms. The number of hydrogen-bond donors (Lipinski definition) is 1. The van der Waals surface area contributed by atoms with E-state index in [1.807, 2.05) is 13.8 Å². The molecule has 0 rings (SSSR count). The topological polar surface area (TPSA) is 133 Å². The number of nitrogens with one attached hydrogen (secondary N) is 1. The molecule has 1 N–H and O–H groups in total. The van der Waals surface area contributed by atoms with Crippen molar-refractivity contribution in [2.24, 2.45) is 5.92 Å². The van der Waals surface area contributed by atoms with Crippen LogP contribution < -0.4 is 4.72 Å². The first-order valence-electron chi connectivity index (χ1n) is 10.9. The van der Waals surface area contributed by atoms with Crippen LogP contribution in [0.1, 0.15) is 72.1 Å². The molecule has 11 heteroatoms. The predicted molar refractivity (Wildman–Crippen MR) is 120 cm³/mol. The van der Waals surface area contributed by atoms with E-state index in [2.05, 4.69) is 11.6 Å². The molecule has 0 amide bonds. The van der Waals surface area contributed by atoms with Crippen LogP contribution in [0.5, 0.6) is 0 Å². The number of sulfonamides is 1. The third-order valence-corrected chi connectivity index (χ3v) is 7.17. The Kier molecular flexibility index (Phi) is 15.0. The second kappa shape index (κ2) is 15.6. The van der Waals surface area contributed by atoms with Crippen LogP contribution in [0.15, 0.2) is 0 Å². The fourth-order valence-electron chi connectivity index (χ4n) is 2.76. The summed E-state index contributed by atoms with van der Waals surface area (Å²) >= 11 is 0. The van der Waals surface area contributed by atoms with Gasteiger partial charge in [-0.3, -0.25) is 4.79 Å². The van der Waals surface area contributed by atoms with E-state index in [9.17, 15) is 26.4 Å². The molecule has 2 unspecified atom stereocenters. The first kappa shape index (κ1) is 29.8. The summed E-state index contributed by atoms with van der Waals surface area (Å²) in [5.74, 6) is -1.94. The van der Waals surface area contributed by atoms with Gasteiger partial charge in [0.25, 0.3) is 0 Å². The van der Waals surface area contributed by atoms with E-state index in [1.54, 1.807) is 0 Å². The van der Waals surface area contributed by atoms with Crippen LogP contribution in [0.4, 0.5) is 0 Å². The molecule has 0 radical (unpaired) electrons. The molecule has 0 aliphatic rings. The van der Waals surface area contributed by atoms with E-state index in [1.165, 1.54) is 0 Å². The van der Waals surface area contributed by atoms with Crippen molar-refractivity contribution in [3.63, 3.8) is 0 Å². The van der Waals surface area contributed by atoms with Crippen molar-refractivity contribution in [2.75, 3.05) is 30.9 Å². The Hall–Kier alpha value is -1.20. The van der Waals surface area contributed by atoms with Crippen molar-refractivity contribution in [1.29, 1.82) is 0 Å². The highest BCUT2D eigenvalue weighted by Crippen LogP contribution is 2.15. The molecule has 2 atom stereocenters. The van der Waals surface area contributed by atoms with Crippen molar-refractivity contribution in [3.05, 3.63) is 0 Å².